The standard InChI is InChI=1S/C38H45N3O4/c1-8-26-18-20-29(21-19-26)33(34(42)39-31-23-22-28-16-12-13-17-30(28)25-31)41(37(2,3)4)35(43)32(24-27-14-10-9-11-15-27)40-36(44)45-38(5,6)7/h9-23,25,32-33H,8,24H2,1-7H3,(H,39,42)(H,40,44). The molecule has 0 aliphatic heterocycles. The normalized spacial score (nSPS) is 13.0. The summed E-state index contributed by atoms with van der Waals surface area (Å²) in [5.74, 6) is -0.746. The number of hydrogen-bond donors (Lipinski definition) is 2. The van der Waals surface area contributed by atoms with E-state index in [1.165, 1.54) is 0 Å². The molecule has 4 aromatic rings. The van der Waals surface area contributed by atoms with Crippen molar-refractivity contribution in [2.24, 2.45) is 0 Å². The van der Waals surface area contributed by atoms with E-state index < -0.39 is 35.2 Å². The third kappa shape index (κ3) is 8.94. The van der Waals surface area contributed by atoms with Crippen molar-refractivity contribution < 1.29 is 19.1 Å². The van der Waals surface area contributed by atoms with Crippen LogP contribution in [-0.4, -0.2) is 40.0 Å². The van der Waals surface area contributed by atoms with E-state index in [0.29, 0.717) is 11.3 Å². The number of rotatable bonds is 9. The van der Waals surface area contributed by atoms with Gasteiger partial charge in [0.05, 0.1) is 0 Å². The molecule has 7 nitrogen and oxygen atoms in total. The van der Waals surface area contributed by atoms with E-state index in [4.69, 9.17) is 4.74 Å². The van der Waals surface area contributed by atoms with Crippen LogP contribution in [0, 0.1) is 0 Å². The summed E-state index contributed by atoms with van der Waals surface area (Å²) in [5, 5.41) is 7.96. The molecule has 7 heteroatoms. The topological polar surface area (TPSA) is 87.7 Å². The number of anilines is 1. The number of carbonyl (C=O) groups is 3. The van der Waals surface area contributed by atoms with Crippen LogP contribution in [0.4, 0.5) is 10.5 Å². The van der Waals surface area contributed by atoms with Crippen LogP contribution in [0.3, 0.4) is 0 Å². The van der Waals surface area contributed by atoms with Crippen LogP contribution >= 0.6 is 0 Å². The van der Waals surface area contributed by atoms with Crippen LogP contribution in [0.1, 0.15) is 71.2 Å². The molecule has 0 saturated carbocycles. The lowest BCUT2D eigenvalue weighted by molar-refractivity contribution is -0.146. The summed E-state index contributed by atoms with van der Waals surface area (Å²) in [5.41, 5.74) is 1.72. The quantitative estimate of drug-likeness (QED) is 0.203. The molecule has 0 aliphatic carbocycles. The van der Waals surface area contributed by atoms with Crippen molar-refractivity contribution in [1.82, 2.24) is 10.2 Å². The van der Waals surface area contributed by atoms with Crippen molar-refractivity contribution in [2.45, 2.75) is 84.5 Å². The lowest BCUT2D eigenvalue weighted by atomic mass is 9.93. The van der Waals surface area contributed by atoms with Crippen molar-refractivity contribution in [3.8, 4) is 0 Å². The molecule has 0 saturated heterocycles. The monoisotopic (exact) mass is 607 g/mol. The Morgan fingerprint density at radius 3 is 1.98 bits per heavy atom. The minimum absolute atomic E-state index is 0.222. The highest BCUT2D eigenvalue weighted by molar-refractivity contribution is 6.00. The van der Waals surface area contributed by atoms with Gasteiger partial charge in [-0.05, 0) is 87.6 Å². The van der Waals surface area contributed by atoms with E-state index >= 15 is 0 Å². The van der Waals surface area contributed by atoms with Gasteiger partial charge in [-0.2, -0.15) is 0 Å². The second kappa shape index (κ2) is 14.0. The molecule has 2 unspecified atom stereocenters. The predicted octanol–water partition coefficient (Wildman–Crippen LogP) is 7.85. The molecular formula is C38H45N3O4. The van der Waals surface area contributed by atoms with Gasteiger partial charge in [-0.1, -0.05) is 91.9 Å². The third-order valence-electron chi connectivity index (χ3n) is 7.46. The lowest BCUT2D eigenvalue weighted by Crippen LogP contribution is -2.58. The molecule has 0 fully saturated rings. The van der Waals surface area contributed by atoms with Gasteiger partial charge in [0.25, 0.3) is 5.91 Å². The molecule has 2 N–H and O–H groups in total. The zero-order chi connectivity index (χ0) is 32.8. The van der Waals surface area contributed by atoms with E-state index in [2.05, 4.69) is 17.6 Å². The molecule has 0 radical (unpaired) electrons. The molecule has 4 aromatic carbocycles. The highest BCUT2D eigenvalue weighted by Gasteiger charge is 2.42. The minimum Gasteiger partial charge on any atom is -0.444 e. The number of nitrogens with one attached hydrogen (secondary N) is 2. The van der Waals surface area contributed by atoms with E-state index in [1.807, 2.05) is 118 Å². The number of fused-ring (bicyclic) bond motifs is 1. The van der Waals surface area contributed by atoms with Gasteiger partial charge >= 0.3 is 6.09 Å². The van der Waals surface area contributed by atoms with Gasteiger partial charge in [-0.25, -0.2) is 4.79 Å². The molecule has 2 atom stereocenters. The molecule has 45 heavy (non-hydrogen) atoms. The number of aryl methyl sites for hydroxylation is 1. The molecule has 0 bridgehead atoms. The highest BCUT2D eigenvalue weighted by atomic mass is 16.6. The van der Waals surface area contributed by atoms with Crippen molar-refractivity contribution in [3.05, 3.63) is 114 Å². The number of ether oxygens (including phenoxy) is 1. The first kappa shape index (κ1) is 33.2. The first-order valence-electron chi connectivity index (χ1n) is 15.5. The van der Waals surface area contributed by atoms with Crippen molar-refractivity contribution in [2.75, 3.05) is 5.32 Å². The number of hydrogen-bond acceptors (Lipinski definition) is 4. The fraction of sp³-hybridized carbons (Fsp3) is 0.342. The van der Waals surface area contributed by atoms with E-state index in [-0.39, 0.29) is 12.3 Å². The van der Waals surface area contributed by atoms with Gasteiger partial charge in [0, 0.05) is 17.6 Å². The summed E-state index contributed by atoms with van der Waals surface area (Å²) in [4.78, 5) is 43.7. The summed E-state index contributed by atoms with van der Waals surface area (Å²) in [6, 6.07) is 29.0. The number of benzene rings is 4. The third-order valence-corrected chi connectivity index (χ3v) is 7.46. The van der Waals surface area contributed by atoms with Crippen LogP contribution in [0.2, 0.25) is 0 Å². The zero-order valence-corrected chi connectivity index (χ0v) is 27.4. The van der Waals surface area contributed by atoms with Gasteiger partial charge in [0.1, 0.15) is 17.7 Å². The second-order valence-corrected chi connectivity index (χ2v) is 13.3. The Bertz CT molecular complexity index is 1620. The van der Waals surface area contributed by atoms with Crippen molar-refractivity contribution in [3.63, 3.8) is 0 Å². The SMILES string of the molecule is CCc1ccc(C(C(=O)Nc2ccc3ccccc3c2)N(C(=O)C(Cc2ccccc2)NC(=O)OC(C)(C)C)C(C)(C)C)cc1. The summed E-state index contributed by atoms with van der Waals surface area (Å²) in [6.45, 7) is 13.1. The summed E-state index contributed by atoms with van der Waals surface area (Å²) >= 11 is 0. The maximum atomic E-state index is 14.7. The highest BCUT2D eigenvalue weighted by Crippen LogP contribution is 2.32. The first-order valence-corrected chi connectivity index (χ1v) is 15.5. The van der Waals surface area contributed by atoms with E-state index in [9.17, 15) is 14.4 Å². The molecule has 0 spiro atoms. The Hall–Kier alpha value is -4.65. The van der Waals surface area contributed by atoms with Crippen molar-refractivity contribution in [1.29, 1.82) is 0 Å². The largest absolute Gasteiger partial charge is 0.444 e. The molecule has 0 heterocycles. The Kier molecular flexibility index (Phi) is 10.3. The minimum atomic E-state index is -0.993. The molecule has 3 amide bonds. The molecule has 0 aromatic heterocycles. The molecule has 236 valence electrons. The zero-order valence-electron chi connectivity index (χ0n) is 27.4. The van der Waals surface area contributed by atoms with Crippen LogP contribution in [-0.2, 0) is 27.2 Å². The molecule has 4 rings (SSSR count). The Morgan fingerprint density at radius 1 is 0.756 bits per heavy atom. The van der Waals surface area contributed by atoms with Crippen LogP contribution in [0.5, 0.6) is 0 Å². The Balaban J connectivity index is 1.77. The van der Waals surface area contributed by atoms with E-state index in [1.54, 1.807) is 25.7 Å². The number of amides is 3. The van der Waals surface area contributed by atoms with Gasteiger partial charge < -0.3 is 20.3 Å². The second-order valence-electron chi connectivity index (χ2n) is 13.3. The van der Waals surface area contributed by atoms with Crippen LogP contribution in [0.25, 0.3) is 10.8 Å². The smallest absolute Gasteiger partial charge is 0.408 e. The summed E-state index contributed by atoms with van der Waals surface area (Å²) in [7, 11) is 0. The maximum absolute atomic E-state index is 14.7. The average Bonchev–Trinajstić information content (AvgIpc) is 2.98. The van der Waals surface area contributed by atoms with Gasteiger partial charge in [0.15, 0.2) is 0 Å². The molecular weight excluding hydrogens is 562 g/mol. The number of nitrogens with zero attached hydrogens (tertiary/aromatic N) is 1. The average molecular weight is 608 g/mol. The van der Waals surface area contributed by atoms with E-state index in [0.717, 1.165) is 28.3 Å². The Labute approximate surface area is 267 Å². The fourth-order valence-electron chi connectivity index (χ4n) is 5.34. The fourth-order valence-corrected chi connectivity index (χ4v) is 5.34. The first-order chi connectivity index (χ1) is 21.2. The number of carbonyl (C=O) groups excluding carboxylic acids is 3. The van der Waals surface area contributed by atoms with Crippen LogP contribution in [0.15, 0.2) is 97.1 Å². The maximum Gasteiger partial charge on any atom is 0.408 e. The Morgan fingerprint density at radius 2 is 1.38 bits per heavy atom. The van der Waals surface area contributed by atoms with Gasteiger partial charge in [0.2, 0.25) is 5.91 Å². The summed E-state index contributed by atoms with van der Waals surface area (Å²) < 4.78 is 5.55. The van der Waals surface area contributed by atoms with Crippen molar-refractivity contribution >= 4 is 34.4 Å². The van der Waals surface area contributed by atoms with Gasteiger partial charge in [-0.3, -0.25) is 9.59 Å². The lowest BCUT2D eigenvalue weighted by Gasteiger charge is -2.43. The molecule has 0 aliphatic rings. The summed E-state index contributed by atoms with van der Waals surface area (Å²) in [6.07, 6.45) is 0.365. The predicted molar refractivity (Wildman–Crippen MR) is 181 cm³/mol. The van der Waals surface area contributed by atoms with Gasteiger partial charge in [-0.15, -0.1) is 0 Å². The number of alkyl carbamates (subject to hydrolysis) is 1. The van der Waals surface area contributed by atoms with Crippen LogP contribution < -0.4 is 10.6 Å².